The second-order valence-corrected chi connectivity index (χ2v) is 4.81. The number of benzene rings is 2. The molecule has 0 aliphatic heterocycles. The third-order valence-corrected chi connectivity index (χ3v) is 3.48. The first kappa shape index (κ1) is 10.9. The maximum Gasteiger partial charge on any atom is 0.154 e. The first-order valence-electron chi connectivity index (χ1n) is 6.34. The first-order valence-corrected chi connectivity index (χ1v) is 6.34. The van der Waals surface area contributed by atoms with E-state index in [0.717, 1.165) is 27.9 Å². The lowest BCUT2D eigenvalue weighted by atomic mass is 10.2. The fraction of sp³-hybridized carbons (Fsp3) is 0. The number of fused-ring (bicyclic) bond motifs is 3. The van der Waals surface area contributed by atoms with Crippen LogP contribution in [0.2, 0.25) is 0 Å². The number of imidazole rings is 1. The van der Waals surface area contributed by atoms with Gasteiger partial charge in [-0.1, -0.05) is 30.3 Å². The van der Waals surface area contributed by atoms with Gasteiger partial charge in [0.2, 0.25) is 0 Å². The van der Waals surface area contributed by atoms with Gasteiger partial charge in [0.05, 0.1) is 28.1 Å². The van der Waals surface area contributed by atoms with Crippen molar-refractivity contribution in [1.82, 2.24) is 14.6 Å². The molecule has 0 aliphatic rings. The van der Waals surface area contributed by atoms with E-state index in [0.29, 0.717) is 11.4 Å². The molecule has 0 unspecified atom stereocenters. The lowest BCUT2D eigenvalue weighted by molar-refractivity contribution is 1.01. The van der Waals surface area contributed by atoms with Gasteiger partial charge in [0.1, 0.15) is 0 Å². The van der Waals surface area contributed by atoms with Crippen molar-refractivity contribution in [2.24, 2.45) is 0 Å². The van der Waals surface area contributed by atoms with Crippen LogP contribution in [0.15, 0.2) is 48.5 Å². The van der Waals surface area contributed by atoms with Crippen LogP contribution >= 0.6 is 0 Å². The number of nitrogens with two attached hydrogens (primary N) is 2. The summed E-state index contributed by atoms with van der Waals surface area (Å²) in [5.74, 6) is 0. The first-order chi connectivity index (χ1) is 9.72. The molecule has 0 fully saturated rings. The Morgan fingerprint density at radius 2 is 1.70 bits per heavy atom. The Morgan fingerprint density at radius 1 is 0.950 bits per heavy atom. The van der Waals surface area contributed by atoms with Crippen LogP contribution in [0.5, 0.6) is 0 Å². The summed E-state index contributed by atoms with van der Waals surface area (Å²) < 4.78 is 1.92. The van der Waals surface area contributed by atoms with E-state index in [4.69, 9.17) is 11.5 Å². The molecule has 98 valence electrons. The minimum absolute atomic E-state index is 0.557. The monoisotopic (exact) mass is 263 g/mol. The van der Waals surface area contributed by atoms with Crippen LogP contribution in [-0.4, -0.2) is 14.6 Å². The highest BCUT2D eigenvalue weighted by Gasteiger charge is 2.10. The van der Waals surface area contributed by atoms with Gasteiger partial charge < -0.3 is 11.5 Å². The summed E-state index contributed by atoms with van der Waals surface area (Å²) >= 11 is 0. The standard InChI is InChI=1S/C15H13N5/c16-10-6-13-14(7-11(10)17)20-15(18-13)8-12(19-20)9-4-2-1-3-5-9/h1-8,19H,16-17H2. The summed E-state index contributed by atoms with van der Waals surface area (Å²) in [5, 5.41) is 3.34. The van der Waals surface area contributed by atoms with E-state index < -0.39 is 0 Å². The Labute approximate surface area is 114 Å². The zero-order chi connectivity index (χ0) is 13.7. The highest BCUT2D eigenvalue weighted by Crippen LogP contribution is 2.27. The van der Waals surface area contributed by atoms with Crippen LogP contribution in [0.1, 0.15) is 0 Å². The number of nitrogen functional groups attached to an aromatic ring is 2. The fourth-order valence-corrected chi connectivity index (χ4v) is 2.44. The zero-order valence-corrected chi connectivity index (χ0v) is 10.7. The third kappa shape index (κ3) is 1.46. The molecule has 0 aliphatic carbocycles. The summed E-state index contributed by atoms with van der Waals surface area (Å²) in [5.41, 5.74) is 17.6. The van der Waals surface area contributed by atoms with Gasteiger partial charge in [0.25, 0.3) is 0 Å². The molecule has 4 aromatic rings. The van der Waals surface area contributed by atoms with Gasteiger partial charge in [0, 0.05) is 6.07 Å². The maximum atomic E-state index is 5.87. The topological polar surface area (TPSA) is 85.1 Å². The van der Waals surface area contributed by atoms with E-state index in [9.17, 15) is 0 Å². The molecule has 4 rings (SSSR count). The number of aromatic nitrogens is 3. The molecule has 0 bridgehead atoms. The minimum Gasteiger partial charge on any atom is -0.397 e. The lowest BCUT2D eigenvalue weighted by Crippen LogP contribution is -1.95. The number of rotatable bonds is 1. The summed E-state index contributed by atoms with van der Waals surface area (Å²) in [4.78, 5) is 4.56. The van der Waals surface area contributed by atoms with Gasteiger partial charge in [-0.15, -0.1) is 0 Å². The second kappa shape index (κ2) is 3.77. The van der Waals surface area contributed by atoms with Crippen LogP contribution in [0, 0.1) is 0 Å². The Bertz CT molecular complexity index is 918. The molecule has 2 aromatic heterocycles. The van der Waals surface area contributed by atoms with E-state index in [1.807, 2.05) is 34.8 Å². The number of H-pyrrole nitrogens is 1. The van der Waals surface area contributed by atoms with E-state index in [1.165, 1.54) is 0 Å². The second-order valence-electron chi connectivity index (χ2n) is 4.81. The predicted octanol–water partition coefficient (Wildman–Crippen LogP) is 2.65. The van der Waals surface area contributed by atoms with Gasteiger partial charge in [0.15, 0.2) is 5.65 Å². The molecular formula is C15H13N5. The van der Waals surface area contributed by atoms with Crippen molar-refractivity contribution in [3.63, 3.8) is 0 Å². The van der Waals surface area contributed by atoms with Gasteiger partial charge in [-0.3, -0.25) is 5.10 Å². The smallest absolute Gasteiger partial charge is 0.154 e. The number of anilines is 2. The van der Waals surface area contributed by atoms with Crippen LogP contribution < -0.4 is 11.5 Å². The average molecular weight is 263 g/mol. The summed E-state index contributed by atoms with van der Waals surface area (Å²) in [6, 6.07) is 15.8. The highest BCUT2D eigenvalue weighted by atomic mass is 15.3. The Hall–Kier alpha value is -2.95. The van der Waals surface area contributed by atoms with Crippen molar-refractivity contribution < 1.29 is 0 Å². The molecule has 0 radical (unpaired) electrons. The van der Waals surface area contributed by atoms with Crippen molar-refractivity contribution in [2.45, 2.75) is 0 Å². The van der Waals surface area contributed by atoms with E-state index in [2.05, 4.69) is 22.2 Å². The van der Waals surface area contributed by atoms with Gasteiger partial charge in [-0.25, -0.2) is 9.50 Å². The molecule has 0 saturated carbocycles. The van der Waals surface area contributed by atoms with Crippen molar-refractivity contribution >= 4 is 28.1 Å². The Kier molecular flexibility index (Phi) is 2.06. The lowest BCUT2D eigenvalue weighted by Gasteiger charge is -2.00. The van der Waals surface area contributed by atoms with Crippen LogP contribution in [0.3, 0.4) is 0 Å². The minimum atomic E-state index is 0.557. The largest absolute Gasteiger partial charge is 0.397 e. The molecule has 5 N–H and O–H groups in total. The number of aromatic amines is 1. The quantitative estimate of drug-likeness (QED) is 0.461. The summed E-state index contributed by atoms with van der Waals surface area (Å²) in [6.45, 7) is 0. The SMILES string of the molecule is Nc1cc2nc3cc(-c4ccccc4)[nH]n3c2cc1N. The van der Waals surface area contributed by atoms with Crippen molar-refractivity contribution in [1.29, 1.82) is 0 Å². The van der Waals surface area contributed by atoms with E-state index in [1.54, 1.807) is 6.07 Å². The number of hydrogen-bond acceptors (Lipinski definition) is 3. The summed E-state index contributed by atoms with van der Waals surface area (Å²) in [7, 11) is 0. The van der Waals surface area contributed by atoms with Crippen molar-refractivity contribution in [3.8, 4) is 11.3 Å². The van der Waals surface area contributed by atoms with Crippen LogP contribution in [-0.2, 0) is 0 Å². The number of nitrogens with one attached hydrogen (secondary N) is 1. The summed E-state index contributed by atoms with van der Waals surface area (Å²) in [6.07, 6.45) is 0. The molecular weight excluding hydrogens is 250 g/mol. The molecule has 2 heterocycles. The Balaban J connectivity index is 1.99. The molecule has 0 amide bonds. The molecule has 0 spiro atoms. The van der Waals surface area contributed by atoms with Crippen LogP contribution in [0.25, 0.3) is 27.9 Å². The molecule has 0 atom stereocenters. The molecule has 2 aromatic carbocycles. The van der Waals surface area contributed by atoms with E-state index >= 15 is 0 Å². The molecule has 5 nitrogen and oxygen atoms in total. The van der Waals surface area contributed by atoms with Gasteiger partial charge >= 0.3 is 0 Å². The molecule has 0 saturated heterocycles. The fourth-order valence-electron chi connectivity index (χ4n) is 2.44. The molecule has 20 heavy (non-hydrogen) atoms. The van der Waals surface area contributed by atoms with Crippen LogP contribution in [0.4, 0.5) is 11.4 Å². The third-order valence-electron chi connectivity index (χ3n) is 3.48. The van der Waals surface area contributed by atoms with Crippen molar-refractivity contribution in [3.05, 3.63) is 48.5 Å². The van der Waals surface area contributed by atoms with Gasteiger partial charge in [-0.05, 0) is 17.7 Å². The van der Waals surface area contributed by atoms with E-state index in [-0.39, 0.29) is 0 Å². The zero-order valence-electron chi connectivity index (χ0n) is 10.7. The van der Waals surface area contributed by atoms with Gasteiger partial charge in [-0.2, -0.15) is 0 Å². The average Bonchev–Trinajstić information content (AvgIpc) is 2.99. The normalized spacial score (nSPS) is 11.4. The maximum absolute atomic E-state index is 5.87. The molecule has 5 heteroatoms. The predicted molar refractivity (Wildman–Crippen MR) is 81.3 cm³/mol. The Morgan fingerprint density at radius 3 is 2.50 bits per heavy atom. The highest BCUT2D eigenvalue weighted by molar-refractivity contribution is 5.89. The number of nitrogens with zero attached hydrogens (tertiary/aromatic N) is 2. The van der Waals surface area contributed by atoms with Crippen molar-refractivity contribution in [2.75, 3.05) is 11.5 Å². The number of hydrogen-bond donors (Lipinski definition) is 3.